The first-order valence-electron chi connectivity index (χ1n) is 9.60. The minimum Gasteiger partial charge on any atom is -0.363 e. The predicted molar refractivity (Wildman–Crippen MR) is 102 cm³/mol. The van der Waals surface area contributed by atoms with Crippen molar-refractivity contribution in [2.24, 2.45) is 0 Å². The Bertz CT molecular complexity index is 941. The highest BCUT2D eigenvalue weighted by molar-refractivity contribution is 5.96. The van der Waals surface area contributed by atoms with Crippen molar-refractivity contribution < 1.29 is 27.5 Å². The Labute approximate surface area is 171 Å². The summed E-state index contributed by atoms with van der Waals surface area (Å²) in [5, 5.41) is 0. The number of halogens is 3. The van der Waals surface area contributed by atoms with Gasteiger partial charge in [-0.3, -0.25) is 14.6 Å². The molecule has 4 rings (SSSR count). The monoisotopic (exact) mass is 419 g/mol. The number of pyridine rings is 1. The van der Waals surface area contributed by atoms with Crippen LogP contribution in [0.3, 0.4) is 0 Å². The molecular formula is C21H20F3N3O3. The fourth-order valence-electron chi connectivity index (χ4n) is 3.95. The average Bonchev–Trinajstić information content (AvgIpc) is 2.76. The molecule has 6 nitrogen and oxygen atoms in total. The molecule has 9 heteroatoms. The van der Waals surface area contributed by atoms with Crippen LogP contribution in [0.1, 0.15) is 28.9 Å². The van der Waals surface area contributed by atoms with Crippen molar-refractivity contribution in [2.75, 3.05) is 31.1 Å². The highest BCUT2D eigenvalue weighted by Gasteiger charge is 2.44. The van der Waals surface area contributed by atoms with Crippen LogP contribution in [0.4, 0.5) is 18.9 Å². The molecule has 2 aromatic rings. The summed E-state index contributed by atoms with van der Waals surface area (Å²) in [5.41, 5.74) is -1.48. The molecule has 2 aliphatic rings. The lowest BCUT2D eigenvalue weighted by Crippen LogP contribution is -2.59. The minimum absolute atomic E-state index is 0.0658. The Hall–Kier alpha value is -2.94. The second-order valence-electron chi connectivity index (χ2n) is 7.48. The maximum absolute atomic E-state index is 13.2. The molecule has 0 unspecified atom stereocenters. The van der Waals surface area contributed by atoms with E-state index in [9.17, 15) is 22.8 Å². The van der Waals surface area contributed by atoms with Crippen LogP contribution in [0.15, 0.2) is 48.7 Å². The lowest BCUT2D eigenvalue weighted by Gasteiger charge is -2.47. The van der Waals surface area contributed by atoms with Crippen molar-refractivity contribution in [3.63, 3.8) is 0 Å². The third kappa shape index (κ3) is 3.89. The van der Waals surface area contributed by atoms with E-state index < -0.39 is 28.9 Å². The van der Waals surface area contributed by atoms with Crippen LogP contribution < -0.4 is 4.90 Å². The number of ether oxygens (including phenoxy) is 1. The van der Waals surface area contributed by atoms with E-state index in [0.29, 0.717) is 19.4 Å². The zero-order valence-corrected chi connectivity index (χ0v) is 16.1. The molecule has 0 N–H and O–H groups in total. The molecule has 2 fully saturated rings. The number of morpholine rings is 1. The number of aromatic nitrogens is 1. The third-order valence-electron chi connectivity index (χ3n) is 5.59. The van der Waals surface area contributed by atoms with E-state index in [0.717, 1.165) is 18.0 Å². The second-order valence-corrected chi connectivity index (χ2v) is 7.48. The van der Waals surface area contributed by atoms with E-state index in [2.05, 4.69) is 4.98 Å². The maximum Gasteiger partial charge on any atom is 0.434 e. The maximum atomic E-state index is 13.2. The Balaban J connectivity index is 1.48. The molecule has 2 aliphatic heterocycles. The summed E-state index contributed by atoms with van der Waals surface area (Å²) in [5.74, 6) is -0.840. The van der Waals surface area contributed by atoms with Gasteiger partial charge in [0.15, 0.2) is 5.69 Å². The molecule has 30 heavy (non-hydrogen) atoms. The molecule has 2 amide bonds. The molecule has 2 saturated heterocycles. The third-order valence-corrected chi connectivity index (χ3v) is 5.59. The summed E-state index contributed by atoms with van der Waals surface area (Å²) < 4.78 is 45.5. The smallest absolute Gasteiger partial charge is 0.363 e. The summed E-state index contributed by atoms with van der Waals surface area (Å²) in [6.45, 7) is 0.756. The number of benzene rings is 1. The van der Waals surface area contributed by atoms with Crippen molar-refractivity contribution in [1.82, 2.24) is 9.88 Å². The summed E-state index contributed by atoms with van der Waals surface area (Å²) in [6, 6.07) is 11.7. The van der Waals surface area contributed by atoms with E-state index in [1.54, 1.807) is 4.90 Å². The van der Waals surface area contributed by atoms with E-state index in [4.69, 9.17) is 4.74 Å². The van der Waals surface area contributed by atoms with Crippen LogP contribution in [-0.4, -0.2) is 53.5 Å². The first kappa shape index (κ1) is 20.3. The molecule has 0 saturated carbocycles. The van der Waals surface area contributed by atoms with Gasteiger partial charge in [-0.25, -0.2) is 0 Å². The molecule has 158 valence electrons. The van der Waals surface area contributed by atoms with Gasteiger partial charge < -0.3 is 14.5 Å². The minimum atomic E-state index is -4.70. The summed E-state index contributed by atoms with van der Waals surface area (Å²) in [7, 11) is 0. The van der Waals surface area contributed by atoms with E-state index in [1.165, 1.54) is 11.0 Å². The lowest BCUT2D eigenvalue weighted by atomic mass is 9.88. The largest absolute Gasteiger partial charge is 0.434 e. The van der Waals surface area contributed by atoms with Gasteiger partial charge in [0.25, 0.3) is 11.8 Å². The van der Waals surface area contributed by atoms with Gasteiger partial charge in [0.2, 0.25) is 0 Å². The first-order valence-corrected chi connectivity index (χ1v) is 9.60. The standard InChI is InChI=1S/C21H20F3N3O3/c22-21(23,24)18-16(7-4-10-25-18)19(29)26-11-8-20(9-12-26)14-27(17(28)13-30-20)15-5-2-1-3-6-15/h1-7,10H,8-9,11-14H2. The number of anilines is 1. The topological polar surface area (TPSA) is 62.7 Å². The van der Waals surface area contributed by atoms with Gasteiger partial charge in [-0.15, -0.1) is 0 Å². The highest BCUT2D eigenvalue weighted by atomic mass is 19.4. The van der Waals surface area contributed by atoms with Crippen LogP contribution in [0, 0.1) is 0 Å². The quantitative estimate of drug-likeness (QED) is 0.751. The molecule has 0 aliphatic carbocycles. The van der Waals surface area contributed by atoms with Crippen molar-refractivity contribution in [3.05, 3.63) is 59.9 Å². The first-order chi connectivity index (χ1) is 14.3. The van der Waals surface area contributed by atoms with Crippen LogP contribution in [0.25, 0.3) is 0 Å². The normalized spacial score (nSPS) is 19.2. The second kappa shape index (κ2) is 7.71. The fraction of sp³-hybridized carbons (Fsp3) is 0.381. The number of rotatable bonds is 2. The van der Waals surface area contributed by atoms with E-state index in [-0.39, 0.29) is 25.6 Å². The van der Waals surface area contributed by atoms with Crippen molar-refractivity contribution >= 4 is 17.5 Å². The van der Waals surface area contributed by atoms with E-state index in [1.807, 2.05) is 30.3 Å². The van der Waals surface area contributed by atoms with E-state index >= 15 is 0 Å². The molecule has 1 aromatic carbocycles. The molecule has 0 radical (unpaired) electrons. The molecule has 3 heterocycles. The van der Waals surface area contributed by atoms with Crippen molar-refractivity contribution in [3.8, 4) is 0 Å². The summed E-state index contributed by atoms with van der Waals surface area (Å²) >= 11 is 0. The predicted octanol–water partition coefficient (Wildman–Crippen LogP) is 3.14. The Morgan fingerprint density at radius 1 is 1.07 bits per heavy atom. The van der Waals surface area contributed by atoms with Gasteiger partial charge in [-0.1, -0.05) is 18.2 Å². The number of amides is 2. The van der Waals surface area contributed by atoms with Crippen LogP contribution in [0.2, 0.25) is 0 Å². The molecule has 0 bridgehead atoms. The number of likely N-dealkylation sites (tertiary alicyclic amines) is 1. The van der Waals surface area contributed by atoms with Crippen LogP contribution in [-0.2, 0) is 15.7 Å². The van der Waals surface area contributed by atoms with Crippen LogP contribution >= 0.6 is 0 Å². The number of piperidine rings is 1. The Kier molecular flexibility index (Phi) is 5.23. The van der Waals surface area contributed by atoms with Gasteiger partial charge in [0, 0.05) is 25.0 Å². The lowest BCUT2D eigenvalue weighted by molar-refractivity contribution is -0.144. The Morgan fingerprint density at radius 2 is 1.77 bits per heavy atom. The molecular weight excluding hydrogens is 399 g/mol. The van der Waals surface area contributed by atoms with Gasteiger partial charge in [0.05, 0.1) is 17.7 Å². The fourth-order valence-corrected chi connectivity index (χ4v) is 3.95. The SMILES string of the molecule is O=C(c1cccnc1C(F)(F)F)N1CCC2(CC1)CN(c1ccccc1)C(=O)CO2. The van der Waals surface area contributed by atoms with Gasteiger partial charge in [-0.05, 0) is 37.1 Å². The van der Waals surface area contributed by atoms with Crippen molar-refractivity contribution in [2.45, 2.75) is 24.6 Å². The zero-order chi connectivity index (χ0) is 21.4. The average molecular weight is 419 g/mol. The van der Waals surface area contributed by atoms with Crippen molar-refractivity contribution in [1.29, 1.82) is 0 Å². The van der Waals surface area contributed by atoms with Gasteiger partial charge in [-0.2, -0.15) is 13.2 Å². The van der Waals surface area contributed by atoms with Gasteiger partial charge >= 0.3 is 6.18 Å². The molecule has 1 spiro atoms. The number of nitrogens with zero attached hydrogens (tertiary/aromatic N) is 3. The highest BCUT2D eigenvalue weighted by Crippen LogP contribution is 2.35. The van der Waals surface area contributed by atoms with Crippen LogP contribution in [0.5, 0.6) is 0 Å². The number of hydrogen-bond donors (Lipinski definition) is 0. The zero-order valence-electron chi connectivity index (χ0n) is 16.1. The molecule has 0 atom stereocenters. The van der Waals surface area contributed by atoms with Gasteiger partial charge in [0.1, 0.15) is 6.61 Å². The number of carbonyl (C=O) groups is 2. The number of alkyl halides is 3. The summed E-state index contributed by atoms with van der Waals surface area (Å²) in [6.07, 6.45) is -2.82. The number of para-hydroxylation sites is 1. The summed E-state index contributed by atoms with van der Waals surface area (Å²) in [4.78, 5) is 31.5. The molecule has 1 aromatic heterocycles. The number of hydrogen-bond acceptors (Lipinski definition) is 4. The Morgan fingerprint density at radius 3 is 2.43 bits per heavy atom. The number of carbonyl (C=O) groups excluding carboxylic acids is 2.